The van der Waals surface area contributed by atoms with Crippen LogP contribution in [0.3, 0.4) is 0 Å². The van der Waals surface area contributed by atoms with Crippen molar-refractivity contribution in [3.63, 3.8) is 0 Å². The lowest BCUT2D eigenvalue weighted by atomic mass is 10.0. The van der Waals surface area contributed by atoms with Crippen molar-refractivity contribution in [2.75, 3.05) is 0 Å². The summed E-state index contributed by atoms with van der Waals surface area (Å²) in [7, 11) is 0. The Balaban J connectivity index is 2.93. The number of hydrogen-bond acceptors (Lipinski definition) is 4. The highest BCUT2D eigenvalue weighted by molar-refractivity contribution is 5.43. The predicted octanol–water partition coefficient (Wildman–Crippen LogP) is 0.690. The molecule has 0 radical (unpaired) electrons. The summed E-state index contributed by atoms with van der Waals surface area (Å²) in [6.45, 7) is 1.18. The topological polar surface area (TPSA) is 80.9 Å². The molecule has 0 heterocycles. The van der Waals surface area contributed by atoms with Crippen molar-refractivity contribution in [3.8, 4) is 5.75 Å². The lowest BCUT2D eigenvalue weighted by molar-refractivity contribution is 0.185. The number of aromatic hydroxyl groups is 1. The lowest BCUT2D eigenvalue weighted by Gasteiger charge is -2.11. The number of hydrogen-bond donors (Lipinski definition) is 4. The van der Waals surface area contributed by atoms with Crippen molar-refractivity contribution >= 4 is 0 Å². The van der Waals surface area contributed by atoms with Crippen LogP contribution in [0.15, 0.2) is 12.1 Å². The minimum Gasteiger partial charge on any atom is -0.507 e. The van der Waals surface area contributed by atoms with Crippen LogP contribution < -0.4 is 0 Å². The van der Waals surface area contributed by atoms with E-state index in [-0.39, 0.29) is 25.1 Å². The minimum absolute atomic E-state index is 0.0502. The Morgan fingerprint density at radius 2 is 1.62 bits per heavy atom. The first-order valence-electron chi connectivity index (χ1n) is 5.32. The van der Waals surface area contributed by atoms with E-state index in [4.69, 9.17) is 10.2 Å². The molecule has 0 amide bonds. The molecule has 1 unspecified atom stereocenters. The van der Waals surface area contributed by atoms with Crippen molar-refractivity contribution in [1.29, 1.82) is 0 Å². The van der Waals surface area contributed by atoms with Crippen LogP contribution >= 0.6 is 0 Å². The van der Waals surface area contributed by atoms with Gasteiger partial charge in [0.1, 0.15) is 5.75 Å². The van der Waals surface area contributed by atoms with Gasteiger partial charge in [0.25, 0.3) is 0 Å². The number of rotatable bonds is 5. The summed E-state index contributed by atoms with van der Waals surface area (Å²) in [5.41, 5.74) is 1.71. The molecule has 1 atom stereocenters. The first-order chi connectivity index (χ1) is 7.58. The Bertz CT molecular complexity index is 322. The largest absolute Gasteiger partial charge is 0.507 e. The third kappa shape index (κ3) is 3.20. The standard InChI is InChI=1S/C12H18O4/c1-8(15)2-3-9-4-10(6-13)12(16)11(5-9)7-14/h4-5,8,13-16H,2-3,6-7H2,1H3. The Morgan fingerprint density at radius 3 is 2.00 bits per heavy atom. The molecule has 0 aliphatic heterocycles. The Labute approximate surface area is 94.8 Å². The maximum Gasteiger partial charge on any atom is 0.126 e. The molecule has 0 spiro atoms. The van der Waals surface area contributed by atoms with E-state index in [0.29, 0.717) is 24.0 Å². The summed E-state index contributed by atoms with van der Waals surface area (Å²) >= 11 is 0. The molecule has 4 heteroatoms. The molecule has 4 nitrogen and oxygen atoms in total. The molecule has 0 bridgehead atoms. The first kappa shape index (κ1) is 13.0. The zero-order valence-corrected chi connectivity index (χ0v) is 9.35. The van der Waals surface area contributed by atoms with Crippen LogP contribution in [0.4, 0.5) is 0 Å². The Hall–Kier alpha value is -1.10. The smallest absolute Gasteiger partial charge is 0.126 e. The van der Waals surface area contributed by atoms with Crippen LogP contribution in [0.5, 0.6) is 5.75 Å². The van der Waals surface area contributed by atoms with Gasteiger partial charge in [0, 0.05) is 11.1 Å². The quantitative estimate of drug-likeness (QED) is 0.595. The second kappa shape index (κ2) is 5.84. The van der Waals surface area contributed by atoms with Gasteiger partial charge in [-0.05, 0) is 37.5 Å². The molecular weight excluding hydrogens is 208 g/mol. The zero-order valence-electron chi connectivity index (χ0n) is 9.35. The molecule has 90 valence electrons. The van der Waals surface area contributed by atoms with Gasteiger partial charge in [-0.15, -0.1) is 0 Å². The summed E-state index contributed by atoms with van der Waals surface area (Å²) in [6, 6.07) is 3.38. The van der Waals surface area contributed by atoms with Crippen LogP contribution in [0.1, 0.15) is 30.0 Å². The summed E-state index contributed by atoms with van der Waals surface area (Å²) in [5.74, 6) is -0.0502. The van der Waals surface area contributed by atoms with E-state index in [1.165, 1.54) is 0 Å². The lowest BCUT2D eigenvalue weighted by Crippen LogP contribution is -2.03. The second-order valence-electron chi connectivity index (χ2n) is 3.97. The number of benzene rings is 1. The molecule has 0 saturated carbocycles. The van der Waals surface area contributed by atoms with Gasteiger partial charge in [-0.1, -0.05) is 0 Å². The van der Waals surface area contributed by atoms with Gasteiger partial charge < -0.3 is 20.4 Å². The summed E-state index contributed by atoms with van der Waals surface area (Å²) in [4.78, 5) is 0. The minimum atomic E-state index is -0.385. The van der Waals surface area contributed by atoms with Gasteiger partial charge in [0.2, 0.25) is 0 Å². The van der Waals surface area contributed by atoms with Crippen LogP contribution in [-0.4, -0.2) is 26.5 Å². The average molecular weight is 226 g/mol. The van der Waals surface area contributed by atoms with Gasteiger partial charge in [-0.2, -0.15) is 0 Å². The van der Waals surface area contributed by atoms with Crippen molar-refractivity contribution in [1.82, 2.24) is 0 Å². The van der Waals surface area contributed by atoms with Gasteiger partial charge >= 0.3 is 0 Å². The summed E-state index contributed by atoms with van der Waals surface area (Å²) in [5, 5.41) is 36.9. The normalized spacial score (nSPS) is 12.8. The monoisotopic (exact) mass is 226 g/mol. The molecule has 0 aliphatic rings. The molecule has 1 aromatic carbocycles. The van der Waals surface area contributed by atoms with Gasteiger partial charge in [-0.25, -0.2) is 0 Å². The number of aliphatic hydroxyl groups is 3. The van der Waals surface area contributed by atoms with E-state index in [0.717, 1.165) is 5.56 Å². The predicted molar refractivity (Wildman–Crippen MR) is 60.0 cm³/mol. The molecule has 0 aromatic heterocycles. The van der Waals surface area contributed by atoms with Crippen molar-refractivity contribution in [2.45, 2.75) is 39.1 Å². The maximum atomic E-state index is 9.62. The van der Waals surface area contributed by atoms with Crippen LogP contribution in [0.2, 0.25) is 0 Å². The fourth-order valence-electron chi connectivity index (χ4n) is 1.59. The highest BCUT2D eigenvalue weighted by Gasteiger charge is 2.09. The zero-order chi connectivity index (χ0) is 12.1. The number of aliphatic hydroxyl groups excluding tert-OH is 3. The van der Waals surface area contributed by atoms with E-state index in [1.807, 2.05) is 0 Å². The van der Waals surface area contributed by atoms with Crippen LogP contribution in [0.25, 0.3) is 0 Å². The maximum absolute atomic E-state index is 9.62. The summed E-state index contributed by atoms with van der Waals surface area (Å²) in [6.07, 6.45) is 0.877. The Morgan fingerprint density at radius 1 is 1.12 bits per heavy atom. The third-order valence-corrected chi connectivity index (χ3v) is 2.52. The van der Waals surface area contributed by atoms with E-state index in [9.17, 15) is 10.2 Å². The molecule has 1 aromatic rings. The molecule has 0 aliphatic carbocycles. The third-order valence-electron chi connectivity index (χ3n) is 2.52. The Kier molecular flexibility index (Phi) is 4.73. The fourth-order valence-corrected chi connectivity index (χ4v) is 1.59. The highest BCUT2D eigenvalue weighted by Crippen LogP contribution is 2.25. The van der Waals surface area contributed by atoms with Crippen LogP contribution in [-0.2, 0) is 19.6 Å². The van der Waals surface area contributed by atoms with E-state index >= 15 is 0 Å². The first-order valence-corrected chi connectivity index (χ1v) is 5.32. The van der Waals surface area contributed by atoms with Gasteiger partial charge in [-0.3, -0.25) is 0 Å². The highest BCUT2D eigenvalue weighted by atomic mass is 16.3. The van der Waals surface area contributed by atoms with Crippen molar-refractivity contribution < 1.29 is 20.4 Å². The molecule has 0 saturated heterocycles. The summed E-state index contributed by atoms with van der Waals surface area (Å²) < 4.78 is 0. The molecule has 0 fully saturated rings. The number of phenols is 1. The van der Waals surface area contributed by atoms with E-state index < -0.39 is 0 Å². The van der Waals surface area contributed by atoms with Gasteiger partial charge in [0.05, 0.1) is 19.3 Å². The van der Waals surface area contributed by atoms with Crippen molar-refractivity contribution in [3.05, 3.63) is 28.8 Å². The van der Waals surface area contributed by atoms with Crippen LogP contribution in [0, 0.1) is 0 Å². The van der Waals surface area contributed by atoms with E-state index in [2.05, 4.69) is 0 Å². The van der Waals surface area contributed by atoms with E-state index in [1.54, 1.807) is 19.1 Å². The number of aryl methyl sites for hydroxylation is 1. The second-order valence-corrected chi connectivity index (χ2v) is 3.97. The molecule has 1 rings (SSSR count). The van der Waals surface area contributed by atoms with Crippen molar-refractivity contribution in [2.24, 2.45) is 0 Å². The van der Waals surface area contributed by atoms with Gasteiger partial charge in [0.15, 0.2) is 0 Å². The SMILES string of the molecule is CC(O)CCc1cc(CO)c(O)c(CO)c1. The molecular formula is C12H18O4. The average Bonchev–Trinajstić information content (AvgIpc) is 2.27. The fraction of sp³-hybridized carbons (Fsp3) is 0.500. The molecule has 4 N–H and O–H groups in total. The molecule has 16 heavy (non-hydrogen) atoms.